The normalized spacial score (nSPS) is 17.0. The van der Waals surface area contributed by atoms with Gasteiger partial charge in [0.05, 0.1) is 11.7 Å². The van der Waals surface area contributed by atoms with E-state index in [1.54, 1.807) is 0 Å². The van der Waals surface area contributed by atoms with Crippen LogP contribution in [0, 0.1) is 0 Å². The third-order valence-corrected chi connectivity index (χ3v) is 3.92. The Bertz CT molecular complexity index is 734. The molecule has 0 aliphatic carbocycles. The van der Waals surface area contributed by atoms with Gasteiger partial charge in [0.15, 0.2) is 0 Å². The lowest BCUT2D eigenvalue weighted by Crippen LogP contribution is -2.21. The molecule has 1 N–H and O–H groups in total. The van der Waals surface area contributed by atoms with E-state index in [1.807, 2.05) is 30.6 Å². The van der Waals surface area contributed by atoms with Gasteiger partial charge in [-0.05, 0) is 24.1 Å². The first-order chi connectivity index (χ1) is 10.4. The third kappa shape index (κ3) is 2.29. The zero-order chi connectivity index (χ0) is 14.1. The number of nitrogens with zero attached hydrogens (tertiary/aromatic N) is 3. The van der Waals surface area contributed by atoms with E-state index in [4.69, 9.17) is 4.98 Å². The second kappa shape index (κ2) is 5.05. The van der Waals surface area contributed by atoms with Crippen molar-refractivity contribution in [3.8, 4) is 11.3 Å². The number of hydrogen-bond acceptors (Lipinski definition) is 3. The SMILES string of the molecule is c1ccc(-c2cn3c(n2)NC(c2ccncc2)CC3)cc1. The number of aromatic nitrogens is 3. The molecule has 1 unspecified atom stereocenters. The van der Waals surface area contributed by atoms with Gasteiger partial charge in [0.25, 0.3) is 0 Å². The smallest absolute Gasteiger partial charge is 0.203 e. The maximum Gasteiger partial charge on any atom is 0.203 e. The average Bonchev–Trinajstić information content (AvgIpc) is 2.99. The first kappa shape index (κ1) is 12.1. The summed E-state index contributed by atoms with van der Waals surface area (Å²) in [5, 5.41) is 3.53. The molecule has 0 saturated heterocycles. The standard InChI is InChI=1S/C17H16N4/c1-2-4-13(5-3-1)16-12-21-11-8-15(19-17(21)20-16)14-6-9-18-10-7-14/h1-7,9-10,12,15H,8,11H2,(H,19,20). The molecule has 0 spiro atoms. The molecule has 21 heavy (non-hydrogen) atoms. The van der Waals surface area contributed by atoms with Gasteiger partial charge in [-0.1, -0.05) is 30.3 Å². The van der Waals surface area contributed by atoms with Crippen LogP contribution in [-0.4, -0.2) is 14.5 Å². The van der Waals surface area contributed by atoms with Crippen LogP contribution in [0.15, 0.2) is 61.1 Å². The monoisotopic (exact) mass is 276 g/mol. The van der Waals surface area contributed by atoms with E-state index in [1.165, 1.54) is 5.56 Å². The van der Waals surface area contributed by atoms with Gasteiger partial charge in [-0.3, -0.25) is 4.98 Å². The molecule has 1 atom stereocenters. The van der Waals surface area contributed by atoms with E-state index in [-0.39, 0.29) is 0 Å². The molecule has 0 saturated carbocycles. The number of aryl methyl sites for hydroxylation is 1. The molecule has 4 rings (SSSR count). The Labute approximate surface area is 123 Å². The molecule has 1 aromatic carbocycles. The molecule has 1 aliphatic rings. The number of imidazole rings is 1. The number of anilines is 1. The first-order valence-corrected chi connectivity index (χ1v) is 7.19. The fourth-order valence-electron chi connectivity index (χ4n) is 2.79. The molecule has 0 fully saturated rings. The minimum atomic E-state index is 0.312. The molecule has 1 aliphatic heterocycles. The Hall–Kier alpha value is -2.62. The fraction of sp³-hybridized carbons (Fsp3) is 0.176. The molecule has 0 amide bonds. The average molecular weight is 276 g/mol. The van der Waals surface area contributed by atoms with Gasteiger partial charge < -0.3 is 9.88 Å². The maximum atomic E-state index is 4.73. The van der Waals surface area contributed by atoms with Crippen molar-refractivity contribution < 1.29 is 0 Å². The van der Waals surface area contributed by atoms with Gasteiger partial charge in [0.1, 0.15) is 0 Å². The molecular weight excluding hydrogens is 260 g/mol. The van der Waals surface area contributed by atoms with Crippen LogP contribution in [-0.2, 0) is 6.54 Å². The second-order valence-corrected chi connectivity index (χ2v) is 5.28. The lowest BCUT2D eigenvalue weighted by atomic mass is 10.0. The van der Waals surface area contributed by atoms with Crippen LogP contribution in [0.25, 0.3) is 11.3 Å². The largest absolute Gasteiger partial charge is 0.349 e. The Kier molecular flexibility index (Phi) is 2.92. The van der Waals surface area contributed by atoms with Crippen molar-refractivity contribution in [1.29, 1.82) is 0 Å². The highest BCUT2D eigenvalue weighted by atomic mass is 15.2. The molecule has 0 bridgehead atoms. The Morgan fingerprint density at radius 3 is 2.67 bits per heavy atom. The van der Waals surface area contributed by atoms with Crippen molar-refractivity contribution in [3.05, 3.63) is 66.6 Å². The predicted molar refractivity (Wildman–Crippen MR) is 82.9 cm³/mol. The zero-order valence-corrected chi connectivity index (χ0v) is 11.6. The highest BCUT2D eigenvalue weighted by molar-refractivity contribution is 5.61. The highest BCUT2D eigenvalue weighted by Gasteiger charge is 2.21. The number of rotatable bonds is 2. The minimum absolute atomic E-state index is 0.312. The summed E-state index contributed by atoms with van der Waals surface area (Å²) in [5.74, 6) is 0.946. The Morgan fingerprint density at radius 1 is 1.05 bits per heavy atom. The van der Waals surface area contributed by atoms with Gasteiger partial charge >= 0.3 is 0 Å². The lowest BCUT2D eigenvalue weighted by molar-refractivity contribution is 0.542. The fourth-order valence-corrected chi connectivity index (χ4v) is 2.79. The van der Waals surface area contributed by atoms with E-state index in [0.29, 0.717) is 6.04 Å². The van der Waals surface area contributed by atoms with Crippen LogP contribution >= 0.6 is 0 Å². The van der Waals surface area contributed by atoms with E-state index in [9.17, 15) is 0 Å². The van der Waals surface area contributed by atoms with Gasteiger partial charge in [-0.15, -0.1) is 0 Å². The lowest BCUT2D eigenvalue weighted by Gasteiger charge is -2.25. The third-order valence-electron chi connectivity index (χ3n) is 3.92. The molecule has 4 nitrogen and oxygen atoms in total. The molecule has 2 aromatic heterocycles. The Balaban J connectivity index is 1.63. The van der Waals surface area contributed by atoms with Gasteiger partial charge in [-0.25, -0.2) is 4.98 Å². The molecule has 0 radical (unpaired) electrons. The van der Waals surface area contributed by atoms with Crippen LogP contribution < -0.4 is 5.32 Å². The molecule has 104 valence electrons. The van der Waals surface area contributed by atoms with Crippen molar-refractivity contribution in [2.24, 2.45) is 0 Å². The van der Waals surface area contributed by atoms with E-state index >= 15 is 0 Å². The summed E-state index contributed by atoms with van der Waals surface area (Å²) in [6.45, 7) is 0.981. The van der Waals surface area contributed by atoms with Gasteiger partial charge in [0.2, 0.25) is 5.95 Å². The molecule has 3 heterocycles. The van der Waals surface area contributed by atoms with Crippen molar-refractivity contribution in [3.63, 3.8) is 0 Å². The number of nitrogens with one attached hydrogen (secondary N) is 1. The summed E-state index contributed by atoms with van der Waals surface area (Å²) < 4.78 is 2.19. The molecule has 3 aromatic rings. The van der Waals surface area contributed by atoms with Crippen LogP contribution in [0.3, 0.4) is 0 Å². The zero-order valence-electron chi connectivity index (χ0n) is 11.6. The summed E-state index contributed by atoms with van der Waals surface area (Å²) >= 11 is 0. The predicted octanol–water partition coefficient (Wildman–Crippen LogP) is 3.50. The van der Waals surface area contributed by atoms with E-state index in [0.717, 1.165) is 30.2 Å². The Morgan fingerprint density at radius 2 is 1.86 bits per heavy atom. The van der Waals surface area contributed by atoms with Crippen molar-refractivity contribution in [2.75, 3.05) is 5.32 Å². The van der Waals surface area contributed by atoms with Crippen LogP contribution in [0.2, 0.25) is 0 Å². The quantitative estimate of drug-likeness (QED) is 0.779. The van der Waals surface area contributed by atoms with Crippen LogP contribution in [0.4, 0.5) is 5.95 Å². The van der Waals surface area contributed by atoms with Crippen LogP contribution in [0.5, 0.6) is 0 Å². The molecular formula is C17H16N4. The van der Waals surface area contributed by atoms with Crippen molar-refractivity contribution in [2.45, 2.75) is 19.0 Å². The summed E-state index contributed by atoms with van der Waals surface area (Å²) in [6, 6.07) is 14.7. The van der Waals surface area contributed by atoms with Gasteiger partial charge in [-0.2, -0.15) is 0 Å². The molecule has 4 heteroatoms. The number of benzene rings is 1. The topological polar surface area (TPSA) is 42.7 Å². The second-order valence-electron chi connectivity index (χ2n) is 5.28. The van der Waals surface area contributed by atoms with Crippen LogP contribution in [0.1, 0.15) is 18.0 Å². The van der Waals surface area contributed by atoms with Crippen molar-refractivity contribution in [1.82, 2.24) is 14.5 Å². The summed E-state index contributed by atoms with van der Waals surface area (Å²) in [7, 11) is 0. The number of hydrogen-bond donors (Lipinski definition) is 1. The minimum Gasteiger partial charge on any atom is -0.349 e. The summed E-state index contributed by atoms with van der Waals surface area (Å²) in [6.07, 6.45) is 6.86. The van der Waals surface area contributed by atoms with E-state index in [2.05, 4.69) is 45.3 Å². The van der Waals surface area contributed by atoms with E-state index < -0.39 is 0 Å². The number of pyridine rings is 1. The summed E-state index contributed by atoms with van der Waals surface area (Å²) in [4.78, 5) is 8.81. The van der Waals surface area contributed by atoms with Gasteiger partial charge in [0, 0.05) is 30.7 Å². The highest BCUT2D eigenvalue weighted by Crippen LogP contribution is 2.30. The summed E-state index contributed by atoms with van der Waals surface area (Å²) in [5.41, 5.74) is 3.44. The van der Waals surface area contributed by atoms with Crippen molar-refractivity contribution >= 4 is 5.95 Å². The number of fused-ring (bicyclic) bond motifs is 1. The first-order valence-electron chi connectivity index (χ1n) is 7.19. The maximum absolute atomic E-state index is 4.73.